The Labute approximate surface area is 136 Å². The Morgan fingerprint density at radius 3 is 2.83 bits per heavy atom. The summed E-state index contributed by atoms with van der Waals surface area (Å²) in [7, 11) is 0. The average Bonchev–Trinajstić information content (AvgIpc) is 3.35. The van der Waals surface area contributed by atoms with Gasteiger partial charge in [-0.3, -0.25) is 0 Å². The number of hydrogen-bond acceptors (Lipinski definition) is 2. The second-order valence-corrected chi connectivity index (χ2v) is 6.82. The molecule has 23 heavy (non-hydrogen) atoms. The second kappa shape index (κ2) is 6.87. The summed E-state index contributed by atoms with van der Waals surface area (Å²) in [5.41, 5.74) is 1.38. The minimum atomic E-state index is -0.242. The van der Waals surface area contributed by atoms with E-state index in [1.54, 1.807) is 13.0 Å². The van der Waals surface area contributed by atoms with Crippen LogP contribution in [0.15, 0.2) is 18.2 Å². The standard InChI is InChI=1S/C18H25FN2O2/c1-11-3-4-14(9-16(11)19)12(2)20-18(22)21-15-7-8-23-17(10-15)13-5-6-13/h3-4,9,12-13,15,17H,5-8,10H2,1-2H3,(H2,20,21,22)/t12-,15-,17+/m0/s1. The number of carbonyl (C=O) groups excluding carboxylic acids is 1. The van der Waals surface area contributed by atoms with Gasteiger partial charge < -0.3 is 15.4 Å². The van der Waals surface area contributed by atoms with Crippen LogP contribution < -0.4 is 10.6 Å². The zero-order chi connectivity index (χ0) is 16.4. The van der Waals surface area contributed by atoms with Crippen LogP contribution in [0.2, 0.25) is 0 Å². The number of carbonyl (C=O) groups is 1. The van der Waals surface area contributed by atoms with E-state index < -0.39 is 0 Å². The fourth-order valence-corrected chi connectivity index (χ4v) is 3.14. The van der Waals surface area contributed by atoms with Crippen LogP contribution in [0.3, 0.4) is 0 Å². The number of rotatable bonds is 4. The van der Waals surface area contributed by atoms with Crippen molar-refractivity contribution >= 4 is 6.03 Å². The van der Waals surface area contributed by atoms with E-state index in [2.05, 4.69) is 10.6 Å². The Balaban J connectivity index is 1.50. The molecule has 0 aromatic heterocycles. The molecule has 2 N–H and O–H groups in total. The number of halogens is 1. The number of urea groups is 1. The summed E-state index contributed by atoms with van der Waals surface area (Å²) in [6.45, 7) is 4.30. The third kappa shape index (κ3) is 4.22. The van der Waals surface area contributed by atoms with Crippen LogP contribution in [-0.2, 0) is 4.74 Å². The normalized spacial score (nSPS) is 25.7. The SMILES string of the molecule is Cc1ccc([C@H](C)NC(=O)N[C@H]2CCO[C@@H](C3CC3)C2)cc1F. The Morgan fingerprint density at radius 2 is 2.13 bits per heavy atom. The van der Waals surface area contributed by atoms with Crippen molar-refractivity contribution in [1.29, 1.82) is 0 Å². The molecule has 2 aliphatic rings. The second-order valence-electron chi connectivity index (χ2n) is 6.82. The maximum absolute atomic E-state index is 13.6. The van der Waals surface area contributed by atoms with Crippen LogP contribution in [0.25, 0.3) is 0 Å². The molecule has 0 radical (unpaired) electrons. The number of hydrogen-bond donors (Lipinski definition) is 2. The highest BCUT2D eigenvalue weighted by molar-refractivity contribution is 5.74. The summed E-state index contributed by atoms with van der Waals surface area (Å²) in [6, 6.07) is 4.80. The quantitative estimate of drug-likeness (QED) is 0.893. The molecule has 0 spiro atoms. The summed E-state index contributed by atoms with van der Waals surface area (Å²) >= 11 is 0. The van der Waals surface area contributed by atoms with Crippen molar-refractivity contribution in [3.63, 3.8) is 0 Å². The monoisotopic (exact) mass is 320 g/mol. The lowest BCUT2D eigenvalue weighted by Gasteiger charge is -2.30. The first-order chi connectivity index (χ1) is 11.0. The van der Waals surface area contributed by atoms with E-state index in [1.165, 1.54) is 18.9 Å². The first kappa shape index (κ1) is 16.2. The van der Waals surface area contributed by atoms with Gasteiger partial charge in [-0.15, -0.1) is 0 Å². The largest absolute Gasteiger partial charge is 0.378 e. The van der Waals surface area contributed by atoms with Gasteiger partial charge in [0, 0.05) is 12.6 Å². The van der Waals surface area contributed by atoms with Crippen LogP contribution >= 0.6 is 0 Å². The first-order valence-electron chi connectivity index (χ1n) is 8.47. The molecule has 4 nitrogen and oxygen atoms in total. The molecule has 0 unspecified atom stereocenters. The maximum Gasteiger partial charge on any atom is 0.315 e. The molecule has 1 aromatic rings. The predicted molar refractivity (Wildman–Crippen MR) is 86.7 cm³/mol. The molecular formula is C18H25FN2O2. The minimum absolute atomic E-state index is 0.163. The first-order valence-corrected chi connectivity index (χ1v) is 8.47. The van der Waals surface area contributed by atoms with Crippen molar-refractivity contribution in [2.24, 2.45) is 5.92 Å². The van der Waals surface area contributed by atoms with Gasteiger partial charge in [0.05, 0.1) is 12.1 Å². The van der Waals surface area contributed by atoms with E-state index >= 15 is 0 Å². The van der Waals surface area contributed by atoms with Crippen molar-refractivity contribution in [2.75, 3.05) is 6.61 Å². The Kier molecular flexibility index (Phi) is 4.85. The third-order valence-corrected chi connectivity index (χ3v) is 4.84. The molecule has 1 aromatic carbocycles. The van der Waals surface area contributed by atoms with Crippen LogP contribution in [0.5, 0.6) is 0 Å². The lowest BCUT2D eigenvalue weighted by Crippen LogP contribution is -2.47. The molecule has 1 saturated carbocycles. The fourth-order valence-electron chi connectivity index (χ4n) is 3.14. The number of aryl methyl sites for hydroxylation is 1. The molecule has 1 saturated heterocycles. The molecule has 3 rings (SSSR count). The van der Waals surface area contributed by atoms with Crippen molar-refractivity contribution in [2.45, 2.75) is 57.7 Å². The molecule has 1 aliphatic carbocycles. The van der Waals surface area contributed by atoms with Crippen LogP contribution in [-0.4, -0.2) is 24.8 Å². The van der Waals surface area contributed by atoms with Gasteiger partial charge in [-0.25, -0.2) is 9.18 Å². The van der Waals surface area contributed by atoms with Gasteiger partial charge in [-0.2, -0.15) is 0 Å². The van der Waals surface area contributed by atoms with E-state index in [0.717, 1.165) is 18.4 Å². The van der Waals surface area contributed by atoms with Crippen molar-refractivity contribution in [1.82, 2.24) is 10.6 Å². The predicted octanol–water partition coefficient (Wildman–Crippen LogP) is 3.45. The highest BCUT2D eigenvalue weighted by Crippen LogP contribution is 2.38. The fraction of sp³-hybridized carbons (Fsp3) is 0.611. The van der Waals surface area contributed by atoms with Crippen molar-refractivity contribution in [3.8, 4) is 0 Å². The van der Waals surface area contributed by atoms with E-state index in [4.69, 9.17) is 4.74 Å². The molecule has 1 heterocycles. The van der Waals surface area contributed by atoms with Crippen molar-refractivity contribution < 1.29 is 13.9 Å². The van der Waals surface area contributed by atoms with Gasteiger partial charge in [-0.1, -0.05) is 12.1 Å². The van der Waals surface area contributed by atoms with E-state index in [1.807, 2.05) is 13.0 Å². The molecule has 5 heteroatoms. The number of benzene rings is 1. The van der Waals surface area contributed by atoms with Crippen LogP contribution in [0.1, 0.15) is 49.8 Å². The Bertz CT molecular complexity index is 574. The summed E-state index contributed by atoms with van der Waals surface area (Å²) in [4.78, 5) is 12.2. The van der Waals surface area contributed by atoms with E-state index in [9.17, 15) is 9.18 Å². The summed E-state index contributed by atoms with van der Waals surface area (Å²) in [5.74, 6) is 0.449. The maximum atomic E-state index is 13.6. The smallest absolute Gasteiger partial charge is 0.315 e. The lowest BCUT2D eigenvalue weighted by molar-refractivity contribution is -0.00917. The molecular weight excluding hydrogens is 295 g/mol. The van der Waals surface area contributed by atoms with Crippen molar-refractivity contribution in [3.05, 3.63) is 35.1 Å². The Morgan fingerprint density at radius 1 is 1.35 bits per heavy atom. The topological polar surface area (TPSA) is 50.4 Å². The molecule has 3 atom stereocenters. The third-order valence-electron chi connectivity index (χ3n) is 4.84. The highest BCUT2D eigenvalue weighted by atomic mass is 19.1. The summed E-state index contributed by atoms with van der Waals surface area (Å²) in [5, 5.41) is 5.93. The van der Waals surface area contributed by atoms with E-state index in [-0.39, 0.29) is 23.9 Å². The summed E-state index contributed by atoms with van der Waals surface area (Å²) in [6.07, 6.45) is 4.55. The number of ether oxygens (including phenoxy) is 1. The summed E-state index contributed by atoms with van der Waals surface area (Å²) < 4.78 is 19.4. The zero-order valence-electron chi connectivity index (χ0n) is 13.8. The van der Waals surface area contributed by atoms with Gasteiger partial charge in [-0.05, 0) is 62.6 Å². The van der Waals surface area contributed by atoms with Crippen LogP contribution in [0.4, 0.5) is 9.18 Å². The van der Waals surface area contributed by atoms with Gasteiger partial charge in [0.1, 0.15) is 5.82 Å². The lowest BCUT2D eigenvalue weighted by atomic mass is 10.0. The average molecular weight is 320 g/mol. The van der Waals surface area contributed by atoms with Gasteiger partial charge >= 0.3 is 6.03 Å². The molecule has 2 fully saturated rings. The molecule has 1 aliphatic heterocycles. The number of nitrogens with one attached hydrogen (secondary N) is 2. The van der Waals surface area contributed by atoms with Crippen LogP contribution in [0, 0.1) is 18.7 Å². The van der Waals surface area contributed by atoms with Gasteiger partial charge in [0.15, 0.2) is 0 Å². The molecule has 2 amide bonds. The molecule has 0 bridgehead atoms. The number of amides is 2. The Hall–Kier alpha value is -1.62. The molecule has 126 valence electrons. The van der Waals surface area contributed by atoms with Gasteiger partial charge in [0.25, 0.3) is 0 Å². The minimum Gasteiger partial charge on any atom is -0.378 e. The van der Waals surface area contributed by atoms with E-state index in [0.29, 0.717) is 24.2 Å². The zero-order valence-corrected chi connectivity index (χ0v) is 13.8. The highest BCUT2D eigenvalue weighted by Gasteiger charge is 2.36. The van der Waals surface area contributed by atoms with Gasteiger partial charge in [0.2, 0.25) is 0 Å².